The monoisotopic (exact) mass is 306 g/mol. The first-order chi connectivity index (χ1) is 10.1. The molecule has 0 unspecified atom stereocenters. The molecule has 1 saturated heterocycles. The van der Waals surface area contributed by atoms with E-state index in [2.05, 4.69) is 22.0 Å². The molecule has 0 spiro atoms. The first kappa shape index (κ1) is 14.6. The molecule has 1 aromatic rings. The Labute approximate surface area is 127 Å². The Kier molecular flexibility index (Phi) is 4.04. The van der Waals surface area contributed by atoms with Crippen LogP contribution in [0.15, 0.2) is 41.3 Å². The second-order valence-corrected chi connectivity index (χ2v) is 7.99. The summed E-state index contributed by atoms with van der Waals surface area (Å²) in [4.78, 5) is 5.27. The minimum absolute atomic E-state index is 0.153. The minimum atomic E-state index is -3.10. The summed E-state index contributed by atoms with van der Waals surface area (Å²) in [5.74, 6) is 0.153. The molecule has 1 aromatic carbocycles. The largest absolute Gasteiger partial charge is 0.370 e. The molecule has 0 aromatic heterocycles. The zero-order valence-electron chi connectivity index (χ0n) is 12.4. The first-order valence-electron chi connectivity index (χ1n) is 7.57. The van der Waals surface area contributed by atoms with Gasteiger partial charge in [-0.15, -0.1) is 0 Å². The molecule has 2 aliphatic rings. The van der Waals surface area contributed by atoms with Gasteiger partial charge in [0.05, 0.1) is 10.6 Å². The van der Waals surface area contributed by atoms with Gasteiger partial charge in [-0.3, -0.25) is 4.90 Å². The van der Waals surface area contributed by atoms with Crippen LogP contribution >= 0.6 is 0 Å². The fourth-order valence-corrected chi connectivity index (χ4v) is 3.98. The summed E-state index contributed by atoms with van der Waals surface area (Å²) in [6.07, 6.45) is 5.64. The van der Waals surface area contributed by atoms with Crippen LogP contribution in [0.2, 0.25) is 0 Å². The van der Waals surface area contributed by atoms with Crippen molar-refractivity contribution in [2.24, 2.45) is 0 Å². The fraction of sp³-hybridized carbons (Fsp3) is 0.500. The maximum absolute atomic E-state index is 11.8. The van der Waals surface area contributed by atoms with Gasteiger partial charge >= 0.3 is 0 Å². The molecule has 1 atom stereocenters. The Hall–Kier alpha value is -1.33. The van der Waals surface area contributed by atoms with Crippen molar-refractivity contribution in [1.29, 1.82) is 0 Å². The van der Waals surface area contributed by atoms with E-state index in [1.807, 2.05) is 12.1 Å². The van der Waals surface area contributed by atoms with Crippen LogP contribution in [0.4, 0.5) is 5.69 Å². The van der Waals surface area contributed by atoms with Crippen molar-refractivity contribution in [2.75, 3.05) is 36.8 Å². The summed E-state index contributed by atoms with van der Waals surface area (Å²) in [5, 5.41) is 0. The van der Waals surface area contributed by atoms with Gasteiger partial charge in [-0.05, 0) is 30.7 Å². The third-order valence-corrected chi connectivity index (χ3v) is 6.22. The molecule has 0 N–H and O–H groups in total. The Morgan fingerprint density at radius 2 is 1.81 bits per heavy atom. The third kappa shape index (κ3) is 2.99. The molecule has 0 radical (unpaired) electrons. The van der Waals surface area contributed by atoms with E-state index in [-0.39, 0.29) is 5.75 Å². The van der Waals surface area contributed by atoms with E-state index in [1.165, 1.54) is 6.42 Å². The lowest BCUT2D eigenvalue weighted by molar-refractivity contribution is 0.271. The van der Waals surface area contributed by atoms with Crippen molar-refractivity contribution in [2.45, 2.75) is 24.3 Å². The number of nitrogens with zero attached hydrogens (tertiary/aromatic N) is 2. The highest BCUT2D eigenvalue weighted by molar-refractivity contribution is 7.91. The Morgan fingerprint density at radius 1 is 1.14 bits per heavy atom. The van der Waals surface area contributed by atoms with Gasteiger partial charge < -0.3 is 4.90 Å². The lowest BCUT2D eigenvalue weighted by atomic mass is 10.2. The first-order valence-corrected chi connectivity index (χ1v) is 9.22. The average molecular weight is 306 g/mol. The van der Waals surface area contributed by atoms with Crippen LogP contribution in [0.1, 0.15) is 13.3 Å². The number of rotatable bonds is 4. The maximum atomic E-state index is 11.8. The van der Waals surface area contributed by atoms with E-state index in [0.29, 0.717) is 10.9 Å². The smallest absolute Gasteiger partial charge is 0.178 e. The van der Waals surface area contributed by atoms with E-state index >= 15 is 0 Å². The molecule has 0 aliphatic carbocycles. The van der Waals surface area contributed by atoms with E-state index in [1.54, 1.807) is 19.1 Å². The molecule has 21 heavy (non-hydrogen) atoms. The van der Waals surface area contributed by atoms with Gasteiger partial charge in [0.15, 0.2) is 9.84 Å². The number of hydrogen-bond donors (Lipinski definition) is 0. The third-order valence-electron chi connectivity index (χ3n) is 4.47. The van der Waals surface area contributed by atoms with E-state index in [4.69, 9.17) is 0 Å². The highest BCUT2D eigenvalue weighted by Crippen LogP contribution is 2.25. The highest BCUT2D eigenvalue weighted by atomic mass is 32.2. The number of sulfone groups is 1. The van der Waals surface area contributed by atoms with Crippen molar-refractivity contribution in [3.63, 3.8) is 0 Å². The zero-order valence-corrected chi connectivity index (χ0v) is 13.2. The molecular formula is C16H22N2O2S. The van der Waals surface area contributed by atoms with Crippen molar-refractivity contribution in [3.8, 4) is 0 Å². The summed E-state index contributed by atoms with van der Waals surface area (Å²) in [5.41, 5.74) is 1.12. The van der Waals surface area contributed by atoms with Crippen molar-refractivity contribution < 1.29 is 8.42 Å². The van der Waals surface area contributed by atoms with Gasteiger partial charge in [0.2, 0.25) is 0 Å². The predicted molar refractivity (Wildman–Crippen MR) is 85.5 cm³/mol. The molecular weight excluding hydrogens is 284 g/mol. The molecule has 2 aliphatic heterocycles. The van der Waals surface area contributed by atoms with Crippen LogP contribution in [0.25, 0.3) is 0 Å². The lowest BCUT2D eigenvalue weighted by Gasteiger charge is -2.24. The summed E-state index contributed by atoms with van der Waals surface area (Å²) in [6, 6.07) is 7.96. The summed E-state index contributed by atoms with van der Waals surface area (Å²) in [7, 11) is -3.10. The quantitative estimate of drug-likeness (QED) is 0.797. The molecule has 1 fully saturated rings. The molecule has 2 heterocycles. The van der Waals surface area contributed by atoms with Crippen molar-refractivity contribution in [3.05, 3.63) is 36.4 Å². The number of anilines is 1. The van der Waals surface area contributed by atoms with Crippen molar-refractivity contribution in [1.82, 2.24) is 4.90 Å². The highest BCUT2D eigenvalue weighted by Gasteiger charge is 2.28. The molecule has 0 amide bonds. The fourth-order valence-electron chi connectivity index (χ4n) is 3.10. The van der Waals surface area contributed by atoms with Gasteiger partial charge in [-0.25, -0.2) is 8.42 Å². The van der Waals surface area contributed by atoms with Gasteiger partial charge in [-0.1, -0.05) is 19.1 Å². The van der Waals surface area contributed by atoms with E-state index in [0.717, 1.165) is 31.9 Å². The van der Waals surface area contributed by atoms with Crippen LogP contribution < -0.4 is 4.90 Å². The second kappa shape index (κ2) is 5.81. The normalized spacial score (nSPS) is 23.1. The molecule has 3 rings (SSSR count). The zero-order chi connectivity index (χ0) is 14.9. The van der Waals surface area contributed by atoms with Crippen LogP contribution in [0.5, 0.6) is 0 Å². The van der Waals surface area contributed by atoms with Gasteiger partial charge in [0.1, 0.15) is 0 Å². The summed E-state index contributed by atoms with van der Waals surface area (Å²) < 4.78 is 23.7. The Balaban J connectivity index is 1.68. The van der Waals surface area contributed by atoms with Gasteiger partial charge in [0.25, 0.3) is 0 Å². The van der Waals surface area contributed by atoms with Crippen LogP contribution in [0.3, 0.4) is 0 Å². The van der Waals surface area contributed by atoms with E-state index in [9.17, 15) is 8.42 Å². The molecule has 4 nitrogen and oxygen atoms in total. The van der Waals surface area contributed by atoms with Crippen LogP contribution in [0, 0.1) is 0 Å². The van der Waals surface area contributed by atoms with Gasteiger partial charge in [-0.2, -0.15) is 0 Å². The molecule has 0 bridgehead atoms. The number of benzene rings is 1. The molecule has 114 valence electrons. The predicted octanol–water partition coefficient (Wildman–Crippen LogP) is 1.93. The molecule has 0 saturated carbocycles. The summed E-state index contributed by atoms with van der Waals surface area (Å²) >= 11 is 0. The second-order valence-electron chi connectivity index (χ2n) is 5.71. The Bertz CT molecular complexity index is 614. The van der Waals surface area contributed by atoms with Crippen LogP contribution in [-0.2, 0) is 9.84 Å². The lowest BCUT2D eigenvalue weighted by Crippen LogP contribution is -2.35. The minimum Gasteiger partial charge on any atom is -0.370 e. The van der Waals surface area contributed by atoms with Gasteiger partial charge in [0, 0.05) is 37.9 Å². The topological polar surface area (TPSA) is 40.6 Å². The summed E-state index contributed by atoms with van der Waals surface area (Å²) in [6.45, 7) is 5.87. The van der Waals surface area contributed by atoms with Crippen LogP contribution in [-0.4, -0.2) is 51.3 Å². The van der Waals surface area contributed by atoms with Crippen molar-refractivity contribution >= 4 is 15.5 Å². The standard InChI is InChI=1S/C16H22N2O2S/c1-2-21(19,20)16-7-5-14(6-8-16)18-12-9-15(13-18)17-10-3-4-11-17/h3-8,15H,2,9-13H2,1H3/t15-/m1/s1. The van der Waals surface area contributed by atoms with E-state index < -0.39 is 9.84 Å². The SMILES string of the molecule is CCS(=O)(=O)c1ccc(N2CC[C@@H](N3CC=CC3)C2)cc1. The Morgan fingerprint density at radius 3 is 2.43 bits per heavy atom. The maximum Gasteiger partial charge on any atom is 0.178 e. The number of hydrogen-bond acceptors (Lipinski definition) is 4. The average Bonchev–Trinajstić information content (AvgIpc) is 3.18. The molecule has 5 heteroatoms.